The number of nitrogens with zero attached hydrogens (tertiary/aromatic N) is 1. The summed E-state index contributed by atoms with van der Waals surface area (Å²) in [4.78, 5) is 24.4. The number of halogens is 1. The number of benzene rings is 2. The van der Waals surface area contributed by atoms with Crippen LogP contribution < -0.4 is 0 Å². The SMILES string of the molecule is O=CC(=O)N1CCc2ccccc2C1c1ccc(F)cc1. The third kappa shape index (κ3) is 2.44. The van der Waals surface area contributed by atoms with Crippen LogP contribution >= 0.6 is 0 Å². The van der Waals surface area contributed by atoms with Gasteiger partial charge in [0.25, 0.3) is 5.91 Å². The highest BCUT2D eigenvalue weighted by Crippen LogP contribution is 2.34. The van der Waals surface area contributed by atoms with Crippen LogP contribution in [-0.2, 0) is 16.0 Å². The second kappa shape index (κ2) is 5.48. The first-order valence-electron chi connectivity index (χ1n) is 6.80. The van der Waals surface area contributed by atoms with Crippen molar-refractivity contribution in [3.8, 4) is 0 Å². The monoisotopic (exact) mass is 283 g/mol. The number of aldehydes is 1. The zero-order chi connectivity index (χ0) is 14.8. The molecular weight excluding hydrogens is 269 g/mol. The van der Waals surface area contributed by atoms with E-state index in [9.17, 15) is 14.0 Å². The second-order valence-electron chi connectivity index (χ2n) is 5.05. The molecule has 1 heterocycles. The van der Waals surface area contributed by atoms with Gasteiger partial charge in [-0.05, 0) is 35.2 Å². The van der Waals surface area contributed by atoms with Gasteiger partial charge in [-0.1, -0.05) is 36.4 Å². The van der Waals surface area contributed by atoms with Crippen molar-refractivity contribution in [3.05, 3.63) is 71.0 Å². The normalized spacial score (nSPS) is 17.2. The Morgan fingerprint density at radius 2 is 1.86 bits per heavy atom. The molecule has 3 nitrogen and oxygen atoms in total. The molecule has 0 N–H and O–H groups in total. The molecule has 1 amide bonds. The highest BCUT2D eigenvalue weighted by Gasteiger charge is 2.31. The van der Waals surface area contributed by atoms with E-state index in [1.54, 1.807) is 17.0 Å². The maximum Gasteiger partial charge on any atom is 0.287 e. The Balaban J connectivity index is 2.11. The molecule has 0 bridgehead atoms. The second-order valence-corrected chi connectivity index (χ2v) is 5.05. The minimum atomic E-state index is -0.543. The zero-order valence-corrected chi connectivity index (χ0v) is 11.3. The van der Waals surface area contributed by atoms with Crippen LogP contribution in [0.15, 0.2) is 48.5 Å². The Morgan fingerprint density at radius 3 is 2.57 bits per heavy atom. The lowest BCUT2D eigenvalue weighted by molar-refractivity contribution is -0.140. The summed E-state index contributed by atoms with van der Waals surface area (Å²) in [6.45, 7) is 0.483. The fourth-order valence-corrected chi connectivity index (χ4v) is 2.88. The molecule has 0 saturated carbocycles. The molecule has 4 heteroatoms. The van der Waals surface area contributed by atoms with Crippen molar-refractivity contribution >= 4 is 12.2 Å². The number of carbonyl (C=O) groups is 2. The van der Waals surface area contributed by atoms with Crippen LogP contribution in [0.4, 0.5) is 4.39 Å². The van der Waals surface area contributed by atoms with Gasteiger partial charge in [0.15, 0.2) is 0 Å². The number of amides is 1. The highest BCUT2D eigenvalue weighted by atomic mass is 19.1. The average Bonchev–Trinajstić information content (AvgIpc) is 2.54. The van der Waals surface area contributed by atoms with Gasteiger partial charge in [-0.25, -0.2) is 4.39 Å². The van der Waals surface area contributed by atoms with Crippen LogP contribution in [0.25, 0.3) is 0 Å². The lowest BCUT2D eigenvalue weighted by atomic mass is 9.88. The summed E-state index contributed by atoms with van der Waals surface area (Å²) in [5.74, 6) is -0.866. The number of fused-ring (bicyclic) bond motifs is 1. The van der Waals surface area contributed by atoms with Gasteiger partial charge in [0.2, 0.25) is 6.29 Å². The summed E-state index contributed by atoms with van der Waals surface area (Å²) < 4.78 is 13.1. The molecule has 1 atom stereocenters. The molecule has 0 aliphatic carbocycles. The van der Waals surface area contributed by atoms with E-state index in [-0.39, 0.29) is 11.9 Å². The highest BCUT2D eigenvalue weighted by molar-refractivity contribution is 6.23. The summed E-state index contributed by atoms with van der Waals surface area (Å²) in [6.07, 6.45) is 1.05. The van der Waals surface area contributed by atoms with Crippen LogP contribution in [0.5, 0.6) is 0 Å². The topological polar surface area (TPSA) is 37.4 Å². The Labute approximate surface area is 122 Å². The lowest BCUT2D eigenvalue weighted by Crippen LogP contribution is -2.41. The van der Waals surface area contributed by atoms with Crippen molar-refractivity contribution in [2.45, 2.75) is 12.5 Å². The molecule has 0 saturated heterocycles. The fraction of sp³-hybridized carbons (Fsp3) is 0.176. The molecule has 0 fully saturated rings. The van der Waals surface area contributed by atoms with Gasteiger partial charge in [-0.15, -0.1) is 0 Å². The summed E-state index contributed by atoms with van der Waals surface area (Å²) in [5, 5.41) is 0. The van der Waals surface area contributed by atoms with E-state index in [0.29, 0.717) is 19.3 Å². The average molecular weight is 283 g/mol. The first kappa shape index (κ1) is 13.5. The summed E-state index contributed by atoms with van der Waals surface area (Å²) >= 11 is 0. The smallest absolute Gasteiger partial charge is 0.287 e. The first-order valence-corrected chi connectivity index (χ1v) is 6.80. The van der Waals surface area contributed by atoms with Gasteiger partial charge in [0, 0.05) is 6.54 Å². The molecule has 1 unspecified atom stereocenters. The van der Waals surface area contributed by atoms with E-state index >= 15 is 0 Å². The van der Waals surface area contributed by atoms with E-state index < -0.39 is 5.91 Å². The molecule has 0 spiro atoms. The Morgan fingerprint density at radius 1 is 1.14 bits per heavy atom. The quantitative estimate of drug-likeness (QED) is 0.627. The molecule has 1 aliphatic rings. The van der Waals surface area contributed by atoms with Gasteiger partial charge in [-0.3, -0.25) is 9.59 Å². The van der Waals surface area contributed by atoms with Crippen LogP contribution in [0, 0.1) is 5.82 Å². The number of rotatable bonds is 2. The Bertz CT molecular complexity index is 681. The lowest BCUT2D eigenvalue weighted by Gasteiger charge is -2.36. The van der Waals surface area contributed by atoms with Crippen molar-refractivity contribution in [1.82, 2.24) is 4.90 Å². The minimum Gasteiger partial charge on any atom is -0.325 e. The van der Waals surface area contributed by atoms with Crippen molar-refractivity contribution < 1.29 is 14.0 Å². The maximum absolute atomic E-state index is 13.1. The maximum atomic E-state index is 13.1. The van der Waals surface area contributed by atoms with Crippen molar-refractivity contribution in [2.24, 2.45) is 0 Å². The third-order valence-electron chi connectivity index (χ3n) is 3.85. The van der Waals surface area contributed by atoms with E-state index in [2.05, 4.69) is 0 Å². The number of hydrogen-bond donors (Lipinski definition) is 0. The fourth-order valence-electron chi connectivity index (χ4n) is 2.88. The summed E-state index contributed by atoms with van der Waals surface area (Å²) in [6, 6.07) is 13.6. The van der Waals surface area contributed by atoms with Crippen molar-refractivity contribution in [1.29, 1.82) is 0 Å². The minimum absolute atomic E-state index is 0.323. The van der Waals surface area contributed by atoms with Crippen LogP contribution in [-0.4, -0.2) is 23.6 Å². The standard InChI is InChI=1S/C17H14FNO2/c18-14-7-5-13(6-8-14)17-15-4-2-1-3-12(15)9-10-19(17)16(21)11-20/h1-8,11,17H,9-10H2. The molecule has 106 valence electrons. The Hall–Kier alpha value is -2.49. The molecule has 2 aromatic rings. The largest absolute Gasteiger partial charge is 0.325 e. The van der Waals surface area contributed by atoms with E-state index in [0.717, 1.165) is 16.7 Å². The molecule has 1 aliphatic heterocycles. The van der Waals surface area contributed by atoms with Gasteiger partial charge < -0.3 is 4.90 Å². The zero-order valence-electron chi connectivity index (χ0n) is 11.3. The van der Waals surface area contributed by atoms with E-state index in [1.165, 1.54) is 12.1 Å². The molecule has 3 rings (SSSR count). The van der Waals surface area contributed by atoms with Gasteiger partial charge >= 0.3 is 0 Å². The van der Waals surface area contributed by atoms with Crippen LogP contribution in [0.3, 0.4) is 0 Å². The molecule has 0 radical (unpaired) electrons. The van der Waals surface area contributed by atoms with Crippen molar-refractivity contribution in [2.75, 3.05) is 6.54 Å². The van der Waals surface area contributed by atoms with Crippen LogP contribution in [0.2, 0.25) is 0 Å². The van der Waals surface area contributed by atoms with Gasteiger partial charge in [0.1, 0.15) is 5.82 Å². The molecule has 21 heavy (non-hydrogen) atoms. The third-order valence-corrected chi connectivity index (χ3v) is 3.85. The van der Waals surface area contributed by atoms with Crippen molar-refractivity contribution in [3.63, 3.8) is 0 Å². The van der Waals surface area contributed by atoms with Gasteiger partial charge in [0.05, 0.1) is 6.04 Å². The first-order chi connectivity index (χ1) is 10.2. The number of hydrogen-bond acceptors (Lipinski definition) is 2. The molecule has 2 aromatic carbocycles. The number of carbonyl (C=O) groups excluding carboxylic acids is 2. The predicted molar refractivity (Wildman–Crippen MR) is 76.2 cm³/mol. The van der Waals surface area contributed by atoms with E-state index in [1.807, 2.05) is 24.3 Å². The molecule has 0 aromatic heterocycles. The van der Waals surface area contributed by atoms with E-state index in [4.69, 9.17) is 0 Å². The summed E-state index contributed by atoms with van der Waals surface area (Å²) in [5.41, 5.74) is 2.95. The molecular formula is C17H14FNO2. The Kier molecular flexibility index (Phi) is 3.52. The van der Waals surface area contributed by atoms with Crippen LogP contribution in [0.1, 0.15) is 22.7 Å². The summed E-state index contributed by atoms with van der Waals surface area (Å²) in [7, 11) is 0. The van der Waals surface area contributed by atoms with Gasteiger partial charge in [-0.2, -0.15) is 0 Å². The predicted octanol–water partition coefficient (Wildman–Crippen LogP) is 2.50.